The summed E-state index contributed by atoms with van der Waals surface area (Å²) >= 11 is 2.29. The molecule has 0 aromatic heterocycles. The Morgan fingerprint density at radius 1 is 0.867 bits per heavy atom. The largest absolute Gasteiger partial charge is 0.255 e. The van der Waals surface area contributed by atoms with Crippen LogP contribution in [0.15, 0.2) is 59.6 Å². The van der Waals surface area contributed by atoms with Crippen molar-refractivity contribution in [1.82, 2.24) is 0 Å². The predicted molar refractivity (Wildman–Crippen MR) is 72.9 cm³/mol. The third kappa shape index (κ3) is 2.89. The molecule has 1 nitrogen and oxygen atoms in total. The molecule has 0 aliphatic heterocycles. The lowest BCUT2D eigenvalue weighted by atomic mass is 10.2. The average Bonchev–Trinajstić information content (AvgIpc) is 2.29. The van der Waals surface area contributed by atoms with Crippen LogP contribution in [0.25, 0.3) is 0 Å². The Balaban J connectivity index is 2.23. The molecule has 0 saturated carbocycles. The number of halogens is 1. The highest BCUT2D eigenvalue weighted by Crippen LogP contribution is 2.19. The maximum absolute atomic E-state index is 4.44. The van der Waals surface area contributed by atoms with E-state index in [1.54, 1.807) is 0 Å². The van der Waals surface area contributed by atoms with Crippen molar-refractivity contribution in [2.45, 2.75) is 0 Å². The zero-order valence-corrected chi connectivity index (χ0v) is 10.3. The van der Waals surface area contributed by atoms with E-state index in [-0.39, 0.29) is 0 Å². The predicted octanol–water partition coefficient (Wildman–Crippen LogP) is 4.04. The molecular weight excluding hydrogens is 297 g/mol. The van der Waals surface area contributed by atoms with E-state index in [1.165, 1.54) is 3.57 Å². The van der Waals surface area contributed by atoms with Crippen molar-refractivity contribution in [3.05, 3.63) is 63.7 Å². The maximum Gasteiger partial charge on any atom is 0.0763 e. The fourth-order valence-corrected chi connectivity index (χ4v) is 1.77. The molecule has 74 valence electrons. The third-order valence-electron chi connectivity index (χ3n) is 2.00. The second-order valence-corrected chi connectivity index (χ2v) is 4.28. The zero-order valence-electron chi connectivity index (χ0n) is 8.10. The lowest BCUT2D eigenvalue weighted by Crippen LogP contribution is -1.79. The van der Waals surface area contributed by atoms with E-state index >= 15 is 0 Å². The van der Waals surface area contributed by atoms with E-state index in [1.807, 2.05) is 54.7 Å². The van der Waals surface area contributed by atoms with E-state index in [0.29, 0.717) is 0 Å². The summed E-state index contributed by atoms with van der Waals surface area (Å²) in [5, 5.41) is 0. The van der Waals surface area contributed by atoms with Crippen molar-refractivity contribution in [3.63, 3.8) is 0 Å². The van der Waals surface area contributed by atoms with E-state index < -0.39 is 0 Å². The summed E-state index contributed by atoms with van der Waals surface area (Å²) in [5.41, 5.74) is 2.14. The van der Waals surface area contributed by atoms with Gasteiger partial charge in [-0.2, -0.15) is 0 Å². The molecule has 0 unspecified atom stereocenters. The Hall–Kier alpha value is -1.16. The smallest absolute Gasteiger partial charge is 0.0763 e. The quantitative estimate of drug-likeness (QED) is 0.586. The van der Waals surface area contributed by atoms with Gasteiger partial charge >= 0.3 is 0 Å². The van der Waals surface area contributed by atoms with E-state index in [0.717, 1.165) is 11.3 Å². The Kier molecular flexibility index (Phi) is 3.50. The van der Waals surface area contributed by atoms with Gasteiger partial charge in [0.15, 0.2) is 0 Å². The van der Waals surface area contributed by atoms with Crippen LogP contribution in [-0.4, -0.2) is 6.21 Å². The molecule has 0 heterocycles. The molecule has 0 fully saturated rings. The minimum Gasteiger partial charge on any atom is -0.255 e. The van der Waals surface area contributed by atoms with Crippen LogP contribution in [0.1, 0.15) is 5.56 Å². The molecule has 2 heteroatoms. The molecule has 0 spiro atoms. The molecule has 0 aliphatic rings. The number of nitrogens with zero attached hydrogens (tertiary/aromatic N) is 1. The van der Waals surface area contributed by atoms with Crippen molar-refractivity contribution < 1.29 is 0 Å². The summed E-state index contributed by atoms with van der Waals surface area (Å²) in [4.78, 5) is 4.44. The summed E-state index contributed by atoms with van der Waals surface area (Å²) in [7, 11) is 0. The SMILES string of the molecule is Ic1ccccc1/N=C/c1ccccc1. The number of para-hydroxylation sites is 1. The van der Waals surface area contributed by atoms with Crippen molar-refractivity contribution in [2.75, 3.05) is 0 Å². The molecule has 2 rings (SSSR count). The number of benzene rings is 2. The first-order chi connectivity index (χ1) is 7.36. The van der Waals surface area contributed by atoms with Crippen LogP contribution in [0.2, 0.25) is 0 Å². The van der Waals surface area contributed by atoms with E-state index in [9.17, 15) is 0 Å². The summed E-state index contributed by atoms with van der Waals surface area (Å²) in [6.07, 6.45) is 1.89. The van der Waals surface area contributed by atoms with Gasteiger partial charge in [-0.3, -0.25) is 4.99 Å². The standard InChI is InChI=1S/C13H10IN/c14-12-8-4-5-9-13(12)15-10-11-6-2-1-3-7-11/h1-10H/b15-10+. The van der Waals surface area contributed by atoms with Gasteiger partial charge in [-0.15, -0.1) is 0 Å². The fourth-order valence-electron chi connectivity index (χ4n) is 1.24. The van der Waals surface area contributed by atoms with E-state index in [4.69, 9.17) is 0 Å². The van der Waals surface area contributed by atoms with Gasteiger partial charge < -0.3 is 0 Å². The minimum absolute atomic E-state index is 1.02. The van der Waals surface area contributed by atoms with Gasteiger partial charge in [0, 0.05) is 9.78 Å². The normalized spacial score (nSPS) is 10.7. The van der Waals surface area contributed by atoms with Crippen molar-refractivity contribution in [2.24, 2.45) is 4.99 Å². The van der Waals surface area contributed by atoms with Gasteiger partial charge in [0.25, 0.3) is 0 Å². The van der Waals surface area contributed by atoms with Gasteiger partial charge in [0.1, 0.15) is 0 Å². The van der Waals surface area contributed by atoms with Crippen LogP contribution in [-0.2, 0) is 0 Å². The third-order valence-corrected chi connectivity index (χ3v) is 2.92. The molecule has 0 bridgehead atoms. The molecule has 2 aromatic carbocycles. The van der Waals surface area contributed by atoms with Crippen LogP contribution in [0, 0.1) is 3.57 Å². The van der Waals surface area contributed by atoms with Crippen molar-refractivity contribution in [1.29, 1.82) is 0 Å². The van der Waals surface area contributed by atoms with Gasteiger partial charge in [0.2, 0.25) is 0 Å². The first kappa shape index (κ1) is 10.4. The molecule has 0 atom stereocenters. The Labute approximate surface area is 103 Å². The second-order valence-electron chi connectivity index (χ2n) is 3.12. The summed E-state index contributed by atoms with van der Waals surface area (Å²) in [5.74, 6) is 0. The zero-order chi connectivity index (χ0) is 10.5. The van der Waals surface area contributed by atoms with Crippen LogP contribution in [0.3, 0.4) is 0 Å². The molecule has 0 N–H and O–H groups in total. The van der Waals surface area contributed by atoms with Crippen LogP contribution in [0.4, 0.5) is 5.69 Å². The van der Waals surface area contributed by atoms with Gasteiger partial charge in [-0.1, -0.05) is 42.5 Å². The van der Waals surface area contributed by atoms with Crippen LogP contribution in [0.5, 0.6) is 0 Å². The highest BCUT2D eigenvalue weighted by molar-refractivity contribution is 14.1. The molecule has 0 radical (unpaired) electrons. The molecule has 0 saturated heterocycles. The van der Waals surface area contributed by atoms with Gasteiger partial charge in [-0.25, -0.2) is 0 Å². The van der Waals surface area contributed by atoms with E-state index in [2.05, 4.69) is 33.6 Å². The van der Waals surface area contributed by atoms with Gasteiger partial charge in [0.05, 0.1) is 5.69 Å². The molecule has 0 aliphatic carbocycles. The lowest BCUT2D eigenvalue weighted by Gasteiger charge is -1.96. The number of aliphatic imine (C=N–C) groups is 1. The maximum atomic E-state index is 4.44. The summed E-state index contributed by atoms with van der Waals surface area (Å²) in [6.45, 7) is 0. The number of hydrogen-bond acceptors (Lipinski definition) is 1. The number of hydrogen-bond donors (Lipinski definition) is 0. The van der Waals surface area contributed by atoms with Crippen molar-refractivity contribution >= 4 is 34.5 Å². The molecule has 15 heavy (non-hydrogen) atoms. The first-order valence-electron chi connectivity index (χ1n) is 4.70. The first-order valence-corrected chi connectivity index (χ1v) is 5.78. The molecule has 0 amide bonds. The lowest BCUT2D eigenvalue weighted by molar-refractivity contribution is 1.49. The molecular formula is C13H10IN. The monoisotopic (exact) mass is 307 g/mol. The Bertz CT molecular complexity index is 463. The summed E-state index contributed by atoms with van der Waals surface area (Å²) < 4.78 is 1.17. The molecule has 2 aromatic rings. The highest BCUT2D eigenvalue weighted by Gasteiger charge is 1.93. The topological polar surface area (TPSA) is 12.4 Å². The van der Waals surface area contributed by atoms with Gasteiger partial charge in [-0.05, 0) is 40.3 Å². The fraction of sp³-hybridized carbons (Fsp3) is 0. The summed E-state index contributed by atoms with van der Waals surface area (Å²) in [6, 6.07) is 18.2. The number of rotatable bonds is 2. The van der Waals surface area contributed by atoms with Crippen molar-refractivity contribution in [3.8, 4) is 0 Å². The average molecular weight is 307 g/mol. The minimum atomic E-state index is 1.02. The Morgan fingerprint density at radius 2 is 1.53 bits per heavy atom. The Morgan fingerprint density at radius 3 is 2.27 bits per heavy atom. The van der Waals surface area contributed by atoms with Crippen LogP contribution < -0.4 is 0 Å². The van der Waals surface area contributed by atoms with Crippen LogP contribution >= 0.6 is 22.6 Å². The highest BCUT2D eigenvalue weighted by atomic mass is 127. The second kappa shape index (κ2) is 5.07.